The lowest BCUT2D eigenvalue weighted by Gasteiger charge is -2.41. The maximum atomic E-state index is 14.0. The normalized spacial score (nSPS) is 25.3. The van der Waals surface area contributed by atoms with Crippen molar-refractivity contribution in [2.45, 2.75) is 91.4 Å². The van der Waals surface area contributed by atoms with Gasteiger partial charge in [-0.2, -0.15) is 0 Å². The molecule has 0 bridgehead atoms. The number of amides is 3. The van der Waals surface area contributed by atoms with Crippen LogP contribution >= 0.6 is 0 Å². The lowest BCUT2D eigenvalue weighted by molar-refractivity contribution is -0.159. The molecular weight excluding hydrogens is 385 g/mol. The predicted octanol–water partition coefficient (Wildman–Crippen LogP) is 3.77. The minimum Gasteiger partial charge on any atom is -0.325 e. The van der Waals surface area contributed by atoms with Crippen molar-refractivity contribution < 1.29 is 27.6 Å². The summed E-state index contributed by atoms with van der Waals surface area (Å²) in [5, 5.41) is 0. The molecule has 0 aromatic carbocycles. The Bertz CT molecular complexity index is 655. The van der Waals surface area contributed by atoms with Crippen LogP contribution in [0.25, 0.3) is 0 Å². The summed E-state index contributed by atoms with van der Waals surface area (Å²) in [6, 6.07) is -1.12. The molecule has 5 nitrogen and oxygen atoms in total. The highest BCUT2D eigenvalue weighted by Gasteiger charge is 2.46. The molecule has 2 atom stereocenters. The van der Waals surface area contributed by atoms with Crippen molar-refractivity contribution >= 4 is 17.7 Å². The Morgan fingerprint density at radius 2 is 1.41 bits per heavy atom. The third kappa shape index (κ3) is 6.06. The summed E-state index contributed by atoms with van der Waals surface area (Å²) < 4.78 is 41.6. The molecule has 1 aliphatic carbocycles. The first-order chi connectivity index (χ1) is 13.0. The van der Waals surface area contributed by atoms with Crippen LogP contribution < -0.4 is 0 Å². The van der Waals surface area contributed by atoms with Gasteiger partial charge in [0, 0.05) is 35.4 Å². The molecule has 8 heteroatoms. The fraction of sp³-hybridized carbons (Fsp3) is 0.762. The Kier molecular flexibility index (Phi) is 7.71. The van der Waals surface area contributed by atoms with Crippen molar-refractivity contribution in [2.24, 2.45) is 5.41 Å². The van der Waals surface area contributed by atoms with E-state index in [0.717, 1.165) is 4.90 Å². The van der Waals surface area contributed by atoms with Gasteiger partial charge in [-0.15, -0.1) is 0 Å². The van der Waals surface area contributed by atoms with Gasteiger partial charge in [-0.1, -0.05) is 27.4 Å². The van der Waals surface area contributed by atoms with Gasteiger partial charge in [-0.25, -0.2) is 13.2 Å². The van der Waals surface area contributed by atoms with Crippen LogP contribution in [-0.2, 0) is 14.4 Å². The van der Waals surface area contributed by atoms with Crippen LogP contribution in [0.1, 0.15) is 61.3 Å². The highest BCUT2D eigenvalue weighted by molar-refractivity contribution is 6.01. The summed E-state index contributed by atoms with van der Waals surface area (Å²) in [6.45, 7) is 14.6. The van der Waals surface area contributed by atoms with Gasteiger partial charge in [0.2, 0.25) is 17.7 Å². The lowest BCUT2D eigenvalue weighted by atomic mass is 9.87. The topological polar surface area (TPSA) is 57.7 Å². The first-order valence-corrected chi connectivity index (χ1v) is 9.74. The standard InChI is InChI=1S/C21H33F3N2O3/c1-12(2)18(28)25(21(6,7)8)11-16(27)26(19(29)20(3,4)5)13-9-14(22)17(24)15(23)10-13/h13-15,17H,1,9-11H2,2-8H3. The SMILES string of the molecule is C=C(C)C(=O)N(CC(=O)N(C(=O)C(C)(C)C)C1CC(F)C(F)C(F)C1)C(C)(C)C. The van der Waals surface area contributed by atoms with E-state index in [4.69, 9.17) is 0 Å². The van der Waals surface area contributed by atoms with Crippen LogP contribution in [-0.4, -0.2) is 64.2 Å². The molecule has 1 fully saturated rings. The fourth-order valence-electron chi connectivity index (χ4n) is 3.21. The average Bonchev–Trinajstić information content (AvgIpc) is 2.54. The second kappa shape index (κ2) is 8.88. The molecule has 1 rings (SSSR count). The molecule has 29 heavy (non-hydrogen) atoms. The molecule has 3 amide bonds. The molecule has 0 aromatic heterocycles. The molecular formula is C21H33F3N2O3. The summed E-state index contributed by atoms with van der Waals surface area (Å²) in [5.74, 6) is -1.84. The van der Waals surface area contributed by atoms with Crippen LogP contribution in [0, 0.1) is 5.41 Å². The van der Waals surface area contributed by atoms with Crippen LogP contribution in [0.5, 0.6) is 0 Å². The first kappa shape index (κ1) is 25.2. The van der Waals surface area contributed by atoms with Gasteiger partial charge in [0.25, 0.3) is 0 Å². The van der Waals surface area contributed by atoms with Crippen LogP contribution in [0.2, 0.25) is 0 Å². The lowest BCUT2D eigenvalue weighted by Crippen LogP contribution is -2.58. The number of carbonyl (C=O) groups excluding carboxylic acids is 3. The highest BCUT2D eigenvalue weighted by Crippen LogP contribution is 2.33. The quantitative estimate of drug-likeness (QED) is 0.653. The molecule has 0 saturated heterocycles. The largest absolute Gasteiger partial charge is 0.325 e. The van der Waals surface area contributed by atoms with Crippen LogP contribution in [0.3, 0.4) is 0 Å². The van der Waals surface area contributed by atoms with E-state index < -0.39 is 72.6 Å². The molecule has 0 aliphatic heterocycles. The Morgan fingerprint density at radius 1 is 0.966 bits per heavy atom. The van der Waals surface area contributed by atoms with E-state index in [-0.39, 0.29) is 5.57 Å². The monoisotopic (exact) mass is 418 g/mol. The Balaban J connectivity index is 3.28. The van der Waals surface area contributed by atoms with Crippen LogP contribution in [0.15, 0.2) is 12.2 Å². The van der Waals surface area contributed by atoms with Gasteiger partial charge in [0.1, 0.15) is 18.9 Å². The second-order valence-electron chi connectivity index (χ2n) is 9.76. The zero-order chi connectivity index (χ0) is 22.9. The third-order valence-electron chi connectivity index (χ3n) is 4.89. The number of hydrogen-bond donors (Lipinski definition) is 0. The van der Waals surface area contributed by atoms with Crippen molar-refractivity contribution in [3.8, 4) is 0 Å². The summed E-state index contributed by atoms with van der Waals surface area (Å²) >= 11 is 0. The number of rotatable bonds is 4. The van der Waals surface area contributed by atoms with Gasteiger partial charge in [0.05, 0.1) is 0 Å². The van der Waals surface area contributed by atoms with E-state index in [0.29, 0.717) is 0 Å². The number of hydrogen-bond acceptors (Lipinski definition) is 3. The van der Waals surface area contributed by atoms with Crippen molar-refractivity contribution in [3.63, 3.8) is 0 Å². The van der Waals surface area contributed by atoms with E-state index in [1.807, 2.05) is 0 Å². The summed E-state index contributed by atoms with van der Waals surface area (Å²) in [7, 11) is 0. The van der Waals surface area contributed by atoms with Gasteiger partial charge in [0.15, 0.2) is 6.17 Å². The molecule has 0 radical (unpaired) electrons. The maximum Gasteiger partial charge on any atom is 0.249 e. The smallest absolute Gasteiger partial charge is 0.249 e. The number of carbonyl (C=O) groups is 3. The van der Waals surface area contributed by atoms with E-state index in [9.17, 15) is 27.6 Å². The van der Waals surface area contributed by atoms with E-state index in [2.05, 4.69) is 6.58 Å². The Hall–Kier alpha value is -1.86. The van der Waals surface area contributed by atoms with E-state index in [1.165, 1.54) is 11.8 Å². The van der Waals surface area contributed by atoms with Crippen molar-refractivity contribution in [1.82, 2.24) is 9.80 Å². The zero-order valence-corrected chi connectivity index (χ0v) is 18.4. The molecule has 0 heterocycles. The van der Waals surface area contributed by atoms with Gasteiger partial charge < -0.3 is 4.90 Å². The second-order valence-corrected chi connectivity index (χ2v) is 9.76. The molecule has 1 aliphatic rings. The minimum absolute atomic E-state index is 0.215. The molecule has 0 N–H and O–H groups in total. The van der Waals surface area contributed by atoms with E-state index in [1.54, 1.807) is 41.5 Å². The van der Waals surface area contributed by atoms with Crippen molar-refractivity contribution in [2.75, 3.05) is 6.54 Å². The fourth-order valence-corrected chi connectivity index (χ4v) is 3.21. The van der Waals surface area contributed by atoms with Crippen LogP contribution in [0.4, 0.5) is 13.2 Å². The van der Waals surface area contributed by atoms with Crippen molar-refractivity contribution in [3.05, 3.63) is 12.2 Å². The van der Waals surface area contributed by atoms with Crippen molar-refractivity contribution in [1.29, 1.82) is 0 Å². The Morgan fingerprint density at radius 3 is 1.76 bits per heavy atom. The van der Waals surface area contributed by atoms with E-state index >= 15 is 0 Å². The third-order valence-corrected chi connectivity index (χ3v) is 4.89. The zero-order valence-electron chi connectivity index (χ0n) is 18.4. The first-order valence-electron chi connectivity index (χ1n) is 9.74. The molecule has 2 unspecified atom stereocenters. The summed E-state index contributed by atoms with van der Waals surface area (Å²) in [4.78, 5) is 40.8. The number of imide groups is 1. The molecule has 0 aromatic rings. The summed E-state index contributed by atoms with van der Waals surface area (Å²) in [5.41, 5.74) is -1.55. The van der Waals surface area contributed by atoms with Gasteiger partial charge >= 0.3 is 0 Å². The summed E-state index contributed by atoms with van der Waals surface area (Å²) in [6.07, 6.45) is -7.44. The number of nitrogens with zero attached hydrogens (tertiary/aromatic N) is 2. The maximum absolute atomic E-state index is 14.0. The molecule has 0 spiro atoms. The highest BCUT2D eigenvalue weighted by atomic mass is 19.2. The molecule has 166 valence electrons. The number of alkyl halides is 3. The van der Waals surface area contributed by atoms with Gasteiger partial charge in [-0.05, 0) is 27.7 Å². The van der Waals surface area contributed by atoms with Gasteiger partial charge in [-0.3, -0.25) is 19.3 Å². The number of halogens is 3. The Labute approximate surface area is 171 Å². The molecule has 1 saturated carbocycles. The minimum atomic E-state index is -2.27. The predicted molar refractivity (Wildman–Crippen MR) is 105 cm³/mol. The average molecular weight is 419 g/mol.